The van der Waals surface area contributed by atoms with Crippen LogP contribution < -0.4 is 14.2 Å². The molecule has 0 radical (unpaired) electrons. The minimum atomic E-state index is -0.647. The number of piperidine rings is 1. The second-order valence-corrected chi connectivity index (χ2v) is 13.5. The maximum atomic E-state index is 14.1. The lowest BCUT2D eigenvalue weighted by molar-refractivity contribution is -0.00374. The summed E-state index contributed by atoms with van der Waals surface area (Å²) in [5.74, 6) is 1.52. The Morgan fingerprint density at radius 3 is 2.17 bits per heavy atom. The average molecular weight is 697 g/mol. The highest BCUT2D eigenvalue weighted by Gasteiger charge is 2.39. The molecule has 0 spiro atoms. The highest BCUT2D eigenvalue weighted by molar-refractivity contribution is 6.42. The second kappa shape index (κ2) is 15.4. The first-order chi connectivity index (χ1) is 23.3. The molecule has 0 aromatic heterocycles. The molecular formula is C37H43Cl2N3O6. The van der Waals surface area contributed by atoms with Crippen molar-refractivity contribution in [1.29, 1.82) is 0 Å². The molecule has 11 heteroatoms. The van der Waals surface area contributed by atoms with Crippen LogP contribution in [-0.4, -0.2) is 93.2 Å². The van der Waals surface area contributed by atoms with Crippen LogP contribution in [0.1, 0.15) is 76.1 Å². The molecule has 3 heterocycles. The van der Waals surface area contributed by atoms with Crippen LogP contribution in [0, 0.1) is 0 Å². The first-order valence-corrected chi connectivity index (χ1v) is 17.4. The largest absolute Gasteiger partial charge is 0.493 e. The van der Waals surface area contributed by atoms with E-state index in [1.807, 2.05) is 23.1 Å². The predicted molar refractivity (Wildman–Crippen MR) is 186 cm³/mol. The Morgan fingerprint density at radius 1 is 0.833 bits per heavy atom. The van der Waals surface area contributed by atoms with Crippen molar-refractivity contribution in [2.45, 2.75) is 50.4 Å². The maximum absolute atomic E-state index is 14.1. The molecule has 0 bridgehead atoms. The molecule has 2 atom stereocenters. The van der Waals surface area contributed by atoms with Gasteiger partial charge in [-0.25, -0.2) is 0 Å². The molecule has 3 aliphatic heterocycles. The van der Waals surface area contributed by atoms with E-state index >= 15 is 0 Å². The number of amides is 2. The molecular weight excluding hydrogens is 653 g/mol. The van der Waals surface area contributed by atoms with Gasteiger partial charge in [0.05, 0.1) is 44.0 Å². The minimum absolute atomic E-state index is 0.172. The molecule has 6 rings (SSSR count). The van der Waals surface area contributed by atoms with Crippen molar-refractivity contribution in [3.05, 3.63) is 86.9 Å². The first kappa shape index (κ1) is 34.4. The molecule has 3 aliphatic rings. The molecule has 256 valence electrons. The maximum Gasteiger partial charge on any atom is 0.256 e. The summed E-state index contributed by atoms with van der Waals surface area (Å²) in [5.41, 5.74) is 3.18. The summed E-state index contributed by atoms with van der Waals surface area (Å²) in [6, 6.07) is 16.8. The zero-order chi connectivity index (χ0) is 33.8. The van der Waals surface area contributed by atoms with Gasteiger partial charge in [0.25, 0.3) is 11.8 Å². The standard InChI is InChI=1S/C37H43Cl2N3O6/c1-45-32-21-26(22-33(46-2)34(32)47-3)35(43)42-23-27(48-37(42)25-10-11-30(38)31(39)20-25)14-19-40-17-12-24(13-18-40)28-8-4-5-9-29(28)36(44)41-15-6-7-16-41/h4-5,8-11,20-22,24,27,37H,6-7,12-19,23H2,1-3H3/t27-,37?/m1/s1. The first-order valence-electron chi connectivity index (χ1n) is 16.6. The number of carbonyl (C=O) groups excluding carboxylic acids is 2. The molecule has 3 aromatic rings. The van der Waals surface area contributed by atoms with Crippen molar-refractivity contribution in [3.8, 4) is 17.2 Å². The Labute approximate surface area is 292 Å². The van der Waals surface area contributed by atoms with E-state index in [2.05, 4.69) is 17.0 Å². The number of nitrogens with zero attached hydrogens (tertiary/aromatic N) is 3. The van der Waals surface area contributed by atoms with E-state index < -0.39 is 6.23 Å². The van der Waals surface area contributed by atoms with E-state index in [0.717, 1.165) is 76.0 Å². The lowest BCUT2D eigenvalue weighted by atomic mass is 9.86. The molecule has 2 amide bonds. The van der Waals surface area contributed by atoms with Gasteiger partial charge in [0, 0.05) is 36.3 Å². The van der Waals surface area contributed by atoms with Crippen molar-refractivity contribution in [1.82, 2.24) is 14.7 Å². The van der Waals surface area contributed by atoms with Gasteiger partial charge in [0.15, 0.2) is 17.7 Å². The Morgan fingerprint density at radius 2 is 1.52 bits per heavy atom. The molecule has 0 N–H and O–H groups in total. The number of halogens is 2. The molecule has 3 aromatic carbocycles. The Balaban J connectivity index is 1.13. The topological polar surface area (TPSA) is 80.8 Å². The fraction of sp³-hybridized carbons (Fsp3) is 0.459. The van der Waals surface area contributed by atoms with E-state index in [1.165, 1.54) is 26.9 Å². The van der Waals surface area contributed by atoms with Crippen LogP contribution in [-0.2, 0) is 4.74 Å². The number of benzene rings is 3. The quantitative estimate of drug-likeness (QED) is 0.225. The van der Waals surface area contributed by atoms with Crippen LogP contribution in [0.5, 0.6) is 17.2 Å². The summed E-state index contributed by atoms with van der Waals surface area (Å²) >= 11 is 12.6. The zero-order valence-corrected chi connectivity index (χ0v) is 29.3. The predicted octanol–water partition coefficient (Wildman–Crippen LogP) is 7.06. The Bertz CT molecular complexity index is 1600. The van der Waals surface area contributed by atoms with Crippen molar-refractivity contribution in [2.75, 3.05) is 60.6 Å². The normalized spacial score (nSPS) is 20.3. The van der Waals surface area contributed by atoms with Crippen molar-refractivity contribution in [3.63, 3.8) is 0 Å². The van der Waals surface area contributed by atoms with Gasteiger partial charge in [0.1, 0.15) is 0 Å². The summed E-state index contributed by atoms with van der Waals surface area (Å²) in [7, 11) is 4.57. The Kier molecular flexibility index (Phi) is 11.0. The van der Waals surface area contributed by atoms with E-state index in [0.29, 0.717) is 45.3 Å². The fourth-order valence-corrected chi connectivity index (χ4v) is 7.50. The highest BCUT2D eigenvalue weighted by atomic mass is 35.5. The van der Waals surface area contributed by atoms with Crippen LogP contribution in [0.3, 0.4) is 0 Å². The molecule has 3 fully saturated rings. The van der Waals surface area contributed by atoms with E-state index in [-0.39, 0.29) is 17.9 Å². The molecule has 3 saturated heterocycles. The zero-order valence-electron chi connectivity index (χ0n) is 27.8. The number of hydrogen-bond donors (Lipinski definition) is 0. The third-order valence-corrected chi connectivity index (χ3v) is 10.5. The summed E-state index contributed by atoms with van der Waals surface area (Å²) in [6.07, 6.45) is 4.08. The molecule has 9 nitrogen and oxygen atoms in total. The van der Waals surface area contributed by atoms with E-state index in [1.54, 1.807) is 29.2 Å². The number of rotatable bonds is 10. The van der Waals surface area contributed by atoms with Gasteiger partial charge in [-0.3, -0.25) is 9.59 Å². The molecule has 48 heavy (non-hydrogen) atoms. The van der Waals surface area contributed by atoms with Gasteiger partial charge in [-0.15, -0.1) is 0 Å². The van der Waals surface area contributed by atoms with Crippen LogP contribution in [0.2, 0.25) is 10.0 Å². The molecule has 0 saturated carbocycles. The third-order valence-electron chi connectivity index (χ3n) is 9.79. The number of likely N-dealkylation sites (tertiary alicyclic amines) is 2. The van der Waals surface area contributed by atoms with E-state index in [9.17, 15) is 9.59 Å². The van der Waals surface area contributed by atoms with Gasteiger partial charge >= 0.3 is 0 Å². The summed E-state index contributed by atoms with van der Waals surface area (Å²) in [4.78, 5) is 33.6. The van der Waals surface area contributed by atoms with Crippen molar-refractivity contribution in [2.24, 2.45) is 0 Å². The fourth-order valence-electron chi connectivity index (χ4n) is 7.19. The van der Waals surface area contributed by atoms with Crippen LogP contribution in [0.4, 0.5) is 0 Å². The number of hydrogen-bond acceptors (Lipinski definition) is 7. The van der Waals surface area contributed by atoms with Crippen LogP contribution >= 0.6 is 23.2 Å². The van der Waals surface area contributed by atoms with Crippen LogP contribution in [0.25, 0.3) is 0 Å². The smallest absolute Gasteiger partial charge is 0.256 e. The number of methoxy groups -OCH3 is 3. The summed E-state index contributed by atoms with van der Waals surface area (Å²) in [6.45, 7) is 4.83. The van der Waals surface area contributed by atoms with E-state index in [4.69, 9.17) is 42.1 Å². The van der Waals surface area contributed by atoms with Gasteiger partial charge in [-0.1, -0.05) is 47.5 Å². The van der Waals surface area contributed by atoms with Gasteiger partial charge < -0.3 is 33.6 Å². The van der Waals surface area contributed by atoms with Crippen molar-refractivity contribution < 1.29 is 28.5 Å². The highest BCUT2D eigenvalue weighted by Crippen LogP contribution is 2.41. The van der Waals surface area contributed by atoms with Gasteiger partial charge in [-0.05, 0) is 87.0 Å². The molecule has 0 aliphatic carbocycles. The Hall–Kier alpha value is -3.50. The SMILES string of the molecule is COc1cc(C(=O)N2C[C@@H](CCN3CCC(c4ccccc4C(=O)N4CCCC4)CC3)OC2c2ccc(Cl)c(Cl)c2)cc(OC)c1OC. The lowest BCUT2D eigenvalue weighted by Crippen LogP contribution is -2.36. The average Bonchev–Trinajstić information content (AvgIpc) is 3.82. The second-order valence-electron chi connectivity index (χ2n) is 12.6. The monoisotopic (exact) mass is 695 g/mol. The lowest BCUT2D eigenvalue weighted by Gasteiger charge is -2.33. The minimum Gasteiger partial charge on any atom is -0.493 e. The number of ether oxygens (including phenoxy) is 4. The van der Waals surface area contributed by atoms with Gasteiger partial charge in [0.2, 0.25) is 5.75 Å². The summed E-state index contributed by atoms with van der Waals surface area (Å²) < 4.78 is 23.1. The van der Waals surface area contributed by atoms with Crippen molar-refractivity contribution >= 4 is 35.0 Å². The summed E-state index contributed by atoms with van der Waals surface area (Å²) in [5, 5.41) is 0.830. The van der Waals surface area contributed by atoms with Gasteiger partial charge in [-0.2, -0.15) is 0 Å². The molecule has 1 unspecified atom stereocenters. The number of carbonyl (C=O) groups is 2. The third kappa shape index (κ3) is 7.25. The van der Waals surface area contributed by atoms with Crippen LogP contribution in [0.15, 0.2) is 54.6 Å².